The summed E-state index contributed by atoms with van der Waals surface area (Å²) in [6, 6.07) is 17.3. The molecule has 0 spiro atoms. The van der Waals surface area contributed by atoms with Crippen LogP contribution in [0.5, 0.6) is 0 Å². The van der Waals surface area contributed by atoms with E-state index >= 15 is 0 Å². The first kappa shape index (κ1) is 27.6. The van der Waals surface area contributed by atoms with Crippen LogP contribution in [0.3, 0.4) is 0 Å². The van der Waals surface area contributed by atoms with Gasteiger partial charge in [-0.1, -0.05) is 92.8 Å². The molecule has 1 saturated heterocycles. The standard InChI is InChI=1S/C28H38N2O6S/c1-28(2)30(27(32)33)23(18-20-12-6-3-7-13-20)25(36-28)24(31)19-29-37(34,35)26(21-14-8-4-9-15-21)22-16-10-5-11-17-22/h4-5,8-11,14-17,20,23-26,29,31H,3,6-7,12-13,18-19H2,1-2H3,(H,32,33)/t23-,24?,25-/m0/s1. The number of ether oxygens (including phenoxy) is 1. The summed E-state index contributed by atoms with van der Waals surface area (Å²) in [5, 5.41) is 20.2. The number of hydrogen-bond donors (Lipinski definition) is 3. The van der Waals surface area contributed by atoms with Gasteiger partial charge in [0.15, 0.2) is 0 Å². The predicted molar refractivity (Wildman–Crippen MR) is 141 cm³/mol. The molecule has 2 aromatic carbocycles. The van der Waals surface area contributed by atoms with Crippen molar-refractivity contribution in [3.05, 3.63) is 71.8 Å². The minimum Gasteiger partial charge on any atom is -0.465 e. The largest absolute Gasteiger partial charge is 0.465 e. The van der Waals surface area contributed by atoms with Crippen LogP contribution >= 0.6 is 0 Å². The van der Waals surface area contributed by atoms with E-state index in [0.29, 0.717) is 23.5 Å². The highest BCUT2D eigenvalue weighted by Crippen LogP contribution is 2.39. The topological polar surface area (TPSA) is 116 Å². The van der Waals surface area contributed by atoms with Crippen molar-refractivity contribution in [1.29, 1.82) is 0 Å². The minimum absolute atomic E-state index is 0.284. The first-order valence-electron chi connectivity index (χ1n) is 13.1. The van der Waals surface area contributed by atoms with Crippen molar-refractivity contribution >= 4 is 16.1 Å². The van der Waals surface area contributed by atoms with Gasteiger partial charge in [-0.15, -0.1) is 0 Å². The Morgan fingerprint density at radius 3 is 2.08 bits per heavy atom. The highest BCUT2D eigenvalue weighted by Gasteiger charge is 2.52. The van der Waals surface area contributed by atoms with E-state index in [1.165, 1.54) is 11.3 Å². The Morgan fingerprint density at radius 2 is 1.57 bits per heavy atom. The van der Waals surface area contributed by atoms with Gasteiger partial charge in [0.1, 0.15) is 17.1 Å². The van der Waals surface area contributed by atoms with Crippen LogP contribution in [0.1, 0.15) is 68.7 Å². The van der Waals surface area contributed by atoms with Gasteiger partial charge in [-0.3, -0.25) is 4.90 Å². The summed E-state index contributed by atoms with van der Waals surface area (Å²) in [4.78, 5) is 13.5. The Kier molecular flexibility index (Phi) is 8.58. The zero-order chi connectivity index (χ0) is 26.6. The van der Waals surface area contributed by atoms with Gasteiger partial charge < -0.3 is 14.9 Å². The monoisotopic (exact) mass is 530 g/mol. The molecule has 9 heteroatoms. The molecule has 2 fully saturated rings. The lowest BCUT2D eigenvalue weighted by Crippen LogP contribution is -2.50. The summed E-state index contributed by atoms with van der Waals surface area (Å²) in [7, 11) is -3.95. The van der Waals surface area contributed by atoms with Gasteiger partial charge in [-0.05, 0) is 37.3 Å². The summed E-state index contributed by atoms with van der Waals surface area (Å²) < 4.78 is 35.9. The lowest BCUT2D eigenvalue weighted by atomic mass is 9.83. The molecule has 0 aromatic heterocycles. The van der Waals surface area contributed by atoms with Gasteiger partial charge in [0.2, 0.25) is 10.0 Å². The van der Waals surface area contributed by atoms with Gasteiger partial charge in [0.05, 0.1) is 12.1 Å². The van der Waals surface area contributed by atoms with Gasteiger partial charge in [-0.2, -0.15) is 0 Å². The molecule has 0 bridgehead atoms. The normalized spacial score (nSPS) is 23.3. The van der Waals surface area contributed by atoms with Gasteiger partial charge >= 0.3 is 6.09 Å². The first-order valence-corrected chi connectivity index (χ1v) is 14.6. The maximum atomic E-state index is 13.6. The molecule has 0 radical (unpaired) electrons. The second kappa shape index (κ2) is 11.5. The second-order valence-electron chi connectivity index (χ2n) is 10.7. The van der Waals surface area contributed by atoms with E-state index in [0.717, 1.165) is 25.7 Å². The van der Waals surface area contributed by atoms with Crippen LogP contribution in [0.25, 0.3) is 0 Å². The number of carbonyl (C=O) groups is 1. The maximum Gasteiger partial charge on any atom is 0.409 e. The molecule has 8 nitrogen and oxygen atoms in total. The van der Waals surface area contributed by atoms with Crippen LogP contribution in [0.2, 0.25) is 0 Å². The number of nitrogens with zero attached hydrogens (tertiary/aromatic N) is 1. The van der Waals surface area contributed by atoms with Crippen molar-refractivity contribution in [2.24, 2.45) is 5.92 Å². The maximum absolute atomic E-state index is 13.6. The van der Waals surface area contributed by atoms with Crippen LogP contribution < -0.4 is 4.72 Å². The van der Waals surface area contributed by atoms with E-state index in [2.05, 4.69) is 4.72 Å². The van der Waals surface area contributed by atoms with Crippen molar-refractivity contribution < 1.29 is 28.2 Å². The molecule has 2 aromatic rings. The molecule has 37 heavy (non-hydrogen) atoms. The SMILES string of the molecule is CC1(C)O[C@H](C(O)CNS(=O)(=O)C(c2ccccc2)c2ccccc2)[C@H](CC2CCCCC2)N1C(=O)O. The van der Waals surface area contributed by atoms with E-state index in [9.17, 15) is 23.4 Å². The van der Waals surface area contributed by atoms with E-state index in [1.54, 1.807) is 62.4 Å². The highest BCUT2D eigenvalue weighted by atomic mass is 32.2. The number of carboxylic acid groups (broad SMARTS) is 1. The molecule has 2 aliphatic rings. The fourth-order valence-corrected chi connectivity index (χ4v) is 7.53. The summed E-state index contributed by atoms with van der Waals surface area (Å²) in [5.41, 5.74) is 0.0917. The third kappa shape index (κ3) is 6.34. The molecule has 1 amide bonds. The Hall–Kier alpha value is -2.46. The predicted octanol–water partition coefficient (Wildman–Crippen LogP) is 4.51. The van der Waals surface area contributed by atoms with E-state index in [4.69, 9.17) is 4.74 Å². The molecule has 1 heterocycles. The van der Waals surface area contributed by atoms with Crippen LogP contribution in [0.15, 0.2) is 60.7 Å². The number of aliphatic hydroxyl groups excluding tert-OH is 1. The second-order valence-corrected chi connectivity index (χ2v) is 12.5. The van der Waals surface area contributed by atoms with Crippen molar-refractivity contribution in [1.82, 2.24) is 9.62 Å². The third-order valence-corrected chi connectivity index (χ3v) is 9.34. The van der Waals surface area contributed by atoms with Gasteiger partial charge in [0.25, 0.3) is 0 Å². The van der Waals surface area contributed by atoms with Crippen molar-refractivity contribution in [2.45, 2.75) is 81.6 Å². The van der Waals surface area contributed by atoms with Crippen LogP contribution in [-0.4, -0.2) is 60.1 Å². The number of benzene rings is 2. The molecular formula is C28H38N2O6S. The zero-order valence-electron chi connectivity index (χ0n) is 21.5. The molecule has 1 aliphatic carbocycles. The summed E-state index contributed by atoms with van der Waals surface area (Å²) >= 11 is 0. The number of sulfonamides is 1. The third-order valence-electron chi connectivity index (χ3n) is 7.61. The Morgan fingerprint density at radius 1 is 1.03 bits per heavy atom. The Balaban J connectivity index is 1.54. The Bertz CT molecular complexity index is 1100. The summed E-state index contributed by atoms with van der Waals surface area (Å²) in [6.45, 7) is 3.06. The fourth-order valence-electron chi connectivity index (χ4n) is 5.93. The molecule has 3 N–H and O–H groups in total. The quantitative estimate of drug-likeness (QED) is 0.439. The molecule has 1 saturated carbocycles. The smallest absolute Gasteiger partial charge is 0.409 e. The zero-order valence-corrected chi connectivity index (χ0v) is 22.3. The molecule has 1 unspecified atom stereocenters. The average molecular weight is 531 g/mol. The lowest BCUT2D eigenvalue weighted by Gasteiger charge is -2.34. The van der Waals surface area contributed by atoms with Crippen molar-refractivity contribution in [3.63, 3.8) is 0 Å². The van der Waals surface area contributed by atoms with E-state index in [-0.39, 0.29) is 6.54 Å². The minimum atomic E-state index is -3.95. The molecule has 4 rings (SSSR count). The first-order chi connectivity index (χ1) is 17.6. The van der Waals surface area contributed by atoms with Crippen molar-refractivity contribution in [2.75, 3.05) is 6.54 Å². The number of aliphatic hydroxyl groups is 1. The van der Waals surface area contributed by atoms with Gasteiger partial charge in [-0.25, -0.2) is 17.9 Å². The summed E-state index contributed by atoms with van der Waals surface area (Å²) in [6.07, 6.45) is 2.87. The Labute approximate surface area is 219 Å². The molecule has 1 aliphatic heterocycles. The lowest BCUT2D eigenvalue weighted by molar-refractivity contribution is -0.0960. The highest BCUT2D eigenvalue weighted by molar-refractivity contribution is 7.89. The number of hydrogen-bond acceptors (Lipinski definition) is 5. The fraction of sp³-hybridized carbons (Fsp3) is 0.536. The molecule has 3 atom stereocenters. The number of amides is 1. The molecule has 202 valence electrons. The number of nitrogens with one attached hydrogen (secondary N) is 1. The van der Waals surface area contributed by atoms with Crippen molar-refractivity contribution in [3.8, 4) is 0 Å². The van der Waals surface area contributed by atoms with Crippen LogP contribution in [0.4, 0.5) is 4.79 Å². The summed E-state index contributed by atoms with van der Waals surface area (Å²) in [5.74, 6) is 0.352. The van der Waals surface area contributed by atoms with Gasteiger partial charge in [0, 0.05) is 6.54 Å². The van der Waals surface area contributed by atoms with Crippen LogP contribution in [0, 0.1) is 5.92 Å². The van der Waals surface area contributed by atoms with E-state index < -0.39 is 45.3 Å². The molecular weight excluding hydrogens is 492 g/mol. The average Bonchev–Trinajstić information content (AvgIpc) is 3.14. The number of rotatable bonds is 9. The van der Waals surface area contributed by atoms with Crippen LogP contribution in [-0.2, 0) is 14.8 Å². The van der Waals surface area contributed by atoms with E-state index in [1.807, 2.05) is 12.1 Å².